The number of thioether (sulfide) groups is 1. The minimum Gasteiger partial charge on any atom is -0.396 e. The van der Waals surface area contributed by atoms with Crippen LogP contribution in [0.2, 0.25) is 0 Å². The molecule has 2 unspecified atom stereocenters. The van der Waals surface area contributed by atoms with Crippen molar-refractivity contribution in [3.05, 3.63) is 24.3 Å². The number of hydrogen-bond donors (Lipinski definition) is 2. The molecule has 2 atom stereocenters. The molecule has 0 radical (unpaired) electrons. The standard InChI is InChI=1S/C12H15NO2S/c14-7-3-6-12-10(8-15)13-9-4-1-2-5-11(9)16-12/h1-2,4-5,8,10,12-14H,3,6-7H2. The summed E-state index contributed by atoms with van der Waals surface area (Å²) in [6.45, 7) is 0.185. The van der Waals surface area contributed by atoms with Gasteiger partial charge in [0.25, 0.3) is 0 Å². The van der Waals surface area contributed by atoms with Gasteiger partial charge in [-0.1, -0.05) is 12.1 Å². The lowest BCUT2D eigenvalue weighted by Crippen LogP contribution is -2.36. The molecule has 0 bridgehead atoms. The molecule has 2 rings (SSSR count). The maximum atomic E-state index is 11.0. The van der Waals surface area contributed by atoms with Crippen molar-refractivity contribution in [2.45, 2.75) is 29.0 Å². The first kappa shape index (κ1) is 11.5. The zero-order chi connectivity index (χ0) is 11.4. The molecule has 0 fully saturated rings. The monoisotopic (exact) mass is 237 g/mol. The van der Waals surface area contributed by atoms with Gasteiger partial charge in [0, 0.05) is 22.4 Å². The van der Waals surface area contributed by atoms with Crippen molar-refractivity contribution in [1.29, 1.82) is 0 Å². The van der Waals surface area contributed by atoms with Crippen molar-refractivity contribution < 1.29 is 9.90 Å². The first-order valence-corrected chi connectivity index (χ1v) is 6.31. The molecule has 1 aromatic carbocycles. The lowest BCUT2D eigenvalue weighted by Gasteiger charge is -2.30. The van der Waals surface area contributed by atoms with Gasteiger partial charge in [-0.2, -0.15) is 0 Å². The van der Waals surface area contributed by atoms with Crippen LogP contribution in [0.25, 0.3) is 0 Å². The van der Waals surface area contributed by atoms with E-state index in [4.69, 9.17) is 5.11 Å². The molecule has 0 spiro atoms. The number of nitrogens with one attached hydrogen (secondary N) is 1. The molecule has 16 heavy (non-hydrogen) atoms. The summed E-state index contributed by atoms with van der Waals surface area (Å²) in [4.78, 5) is 12.2. The number of para-hydroxylation sites is 1. The fraction of sp³-hybridized carbons (Fsp3) is 0.417. The highest BCUT2D eigenvalue weighted by Gasteiger charge is 2.27. The summed E-state index contributed by atoms with van der Waals surface area (Å²) in [5.74, 6) is 0. The second-order valence-corrected chi connectivity index (χ2v) is 5.11. The van der Waals surface area contributed by atoms with Crippen LogP contribution < -0.4 is 5.32 Å². The smallest absolute Gasteiger partial charge is 0.143 e. The summed E-state index contributed by atoms with van der Waals surface area (Å²) in [7, 11) is 0. The van der Waals surface area contributed by atoms with Gasteiger partial charge in [-0.15, -0.1) is 11.8 Å². The molecule has 0 amide bonds. The van der Waals surface area contributed by atoms with Crippen LogP contribution in [-0.4, -0.2) is 29.3 Å². The normalized spacial score (nSPS) is 23.3. The molecule has 86 valence electrons. The van der Waals surface area contributed by atoms with Gasteiger partial charge in [0.1, 0.15) is 6.29 Å². The molecule has 1 aromatic rings. The Hall–Kier alpha value is -1.00. The Morgan fingerprint density at radius 3 is 3.00 bits per heavy atom. The average Bonchev–Trinajstić information content (AvgIpc) is 2.35. The number of aldehydes is 1. The number of aliphatic hydroxyl groups is 1. The van der Waals surface area contributed by atoms with Crippen LogP contribution in [0.3, 0.4) is 0 Å². The molecular weight excluding hydrogens is 222 g/mol. The first-order valence-electron chi connectivity index (χ1n) is 5.43. The van der Waals surface area contributed by atoms with E-state index in [1.807, 2.05) is 18.2 Å². The first-order chi connectivity index (χ1) is 7.85. The molecule has 1 heterocycles. The molecule has 0 aromatic heterocycles. The molecule has 4 heteroatoms. The number of carbonyl (C=O) groups is 1. The average molecular weight is 237 g/mol. The van der Waals surface area contributed by atoms with E-state index in [2.05, 4.69) is 11.4 Å². The summed E-state index contributed by atoms with van der Waals surface area (Å²) < 4.78 is 0. The Morgan fingerprint density at radius 1 is 1.44 bits per heavy atom. The van der Waals surface area contributed by atoms with Crippen molar-refractivity contribution in [3.8, 4) is 0 Å². The van der Waals surface area contributed by atoms with Crippen LogP contribution in [0.1, 0.15) is 12.8 Å². The lowest BCUT2D eigenvalue weighted by molar-refractivity contribution is -0.108. The number of hydrogen-bond acceptors (Lipinski definition) is 4. The van der Waals surface area contributed by atoms with Gasteiger partial charge in [-0.25, -0.2) is 0 Å². The van der Waals surface area contributed by atoms with E-state index in [-0.39, 0.29) is 17.9 Å². The van der Waals surface area contributed by atoms with E-state index in [1.165, 1.54) is 4.90 Å². The van der Waals surface area contributed by atoms with Crippen LogP contribution in [0.15, 0.2) is 29.2 Å². The van der Waals surface area contributed by atoms with Crippen LogP contribution in [0.4, 0.5) is 5.69 Å². The van der Waals surface area contributed by atoms with E-state index in [0.717, 1.165) is 24.8 Å². The maximum absolute atomic E-state index is 11.0. The highest BCUT2D eigenvalue weighted by Crippen LogP contribution is 2.38. The van der Waals surface area contributed by atoms with Crippen molar-refractivity contribution in [1.82, 2.24) is 0 Å². The number of anilines is 1. The van der Waals surface area contributed by atoms with Crippen LogP contribution in [-0.2, 0) is 4.79 Å². The van der Waals surface area contributed by atoms with Gasteiger partial charge >= 0.3 is 0 Å². The maximum Gasteiger partial charge on any atom is 0.143 e. The SMILES string of the molecule is O=CC1Nc2ccccc2SC1CCCO. The van der Waals surface area contributed by atoms with Crippen molar-refractivity contribution in [3.63, 3.8) is 0 Å². The van der Waals surface area contributed by atoms with Crippen LogP contribution in [0.5, 0.6) is 0 Å². The number of aliphatic hydroxyl groups excluding tert-OH is 1. The largest absolute Gasteiger partial charge is 0.396 e. The minimum atomic E-state index is -0.147. The molecular formula is C12H15NO2S. The zero-order valence-corrected chi connectivity index (χ0v) is 9.74. The quantitative estimate of drug-likeness (QED) is 0.785. The summed E-state index contributed by atoms with van der Waals surface area (Å²) in [5.41, 5.74) is 1.03. The third-order valence-electron chi connectivity index (χ3n) is 2.68. The highest BCUT2D eigenvalue weighted by molar-refractivity contribution is 8.00. The highest BCUT2D eigenvalue weighted by atomic mass is 32.2. The molecule has 1 aliphatic rings. The van der Waals surface area contributed by atoms with Crippen LogP contribution >= 0.6 is 11.8 Å². The fourth-order valence-electron chi connectivity index (χ4n) is 1.85. The number of fused-ring (bicyclic) bond motifs is 1. The summed E-state index contributed by atoms with van der Waals surface area (Å²) in [5, 5.41) is 12.3. The second kappa shape index (κ2) is 5.37. The third kappa shape index (κ3) is 2.39. The fourth-order valence-corrected chi connectivity index (χ4v) is 3.15. The van der Waals surface area contributed by atoms with Crippen LogP contribution in [0, 0.1) is 0 Å². The topological polar surface area (TPSA) is 49.3 Å². The second-order valence-electron chi connectivity index (χ2n) is 3.82. The molecule has 0 aliphatic carbocycles. The van der Waals surface area contributed by atoms with Gasteiger partial charge in [-0.05, 0) is 25.0 Å². The lowest BCUT2D eigenvalue weighted by atomic mass is 10.1. The van der Waals surface area contributed by atoms with Gasteiger partial charge in [0.2, 0.25) is 0 Å². The summed E-state index contributed by atoms with van der Waals surface area (Å²) >= 11 is 1.72. The minimum absolute atomic E-state index is 0.147. The molecule has 2 N–H and O–H groups in total. The Bertz CT molecular complexity index is 370. The van der Waals surface area contributed by atoms with Gasteiger partial charge < -0.3 is 15.2 Å². The van der Waals surface area contributed by atoms with Gasteiger partial charge in [0.05, 0.1) is 6.04 Å². The number of carbonyl (C=O) groups excluding carboxylic acids is 1. The van der Waals surface area contributed by atoms with Gasteiger partial charge in [-0.3, -0.25) is 0 Å². The Morgan fingerprint density at radius 2 is 2.25 bits per heavy atom. The zero-order valence-electron chi connectivity index (χ0n) is 8.93. The summed E-state index contributed by atoms with van der Waals surface area (Å²) in [6.07, 6.45) is 2.56. The Labute approximate surface area is 99.2 Å². The van der Waals surface area contributed by atoms with Crippen molar-refractivity contribution >= 4 is 23.7 Å². The van der Waals surface area contributed by atoms with Crippen molar-refractivity contribution in [2.24, 2.45) is 0 Å². The molecule has 0 saturated carbocycles. The van der Waals surface area contributed by atoms with Crippen molar-refractivity contribution in [2.75, 3.05) is 11.9 Å². The van der Waals surface area contributed by atoms with E-state index in [1.54, 1.807) is 11.8 Å². The van der Waals surface area contributed by atoms with E-state index in [9.17, 15) is 4.79 Å². The van der Waals surface area contributed by atoms with Gasteiger partial charge in [0.15, 0.2) is 0 Å². The van der Waals surface area contributed by atoms with E-state index >= 15 is 0 Å². The van der Waals surface area contributed by atoms with E-state index < -0.39 is 0 Å². The van der Waals surface area contributed by atoms with E-state index in [0.29, 0.717) is 0 Å². The molecule has 3 nitrogen and oxygen atoms in total. The molecule has 0 saturated heterocycles. The Kier molecular flexibility index (Phi) is 3.85. The summed E-state index contributed by atoms with van der Waals surface area (Å²) in [6, 6.07) is 7.85. The predicted octanol–water partition coefficient (Wildman–Crippen LogP) is 1.91. The number of benzene rings is 1. The number of rotatable bonds is 4. The third-order valence-corrected chi connectivity index (χ3v) is 4.12. The predicted molar refractivity (Wildman–Crippen MR) is 65.9 cm³/mol. The molecule has 1 aliphatic heterocycles. The Balaban J connectivity index is 2.14.